The number of amides is 3. The van der Waals surface area contributed by atoms with Gasteiger partial charge in [-0.1, -0.05) is 23.7 Å². The number of hydrogen-bond donors (Lipinski definition) is 5. The Balaban J connectivity index is 1.19. The van der Waals surface area contributed by atoms with E-state index < -0.39 is 65.4 Å². The topological polar surface area (TPSA) is 212 Å². The van der Waals surface area contributed by atoms with Crippen LogP contribution < -0.4 is 31.3 Å². The Morgan fingerprint density at radius 1 is 0.852 bits per heavy atom. The summed E-state index contributed by atoms with van der Waals surface area (Å²) < 4.78 is 53.1. The second-order valence-electron chi connectivity index (χ2n) is 12.6. The molecule has 2 fully saturated rings. The molecule has 2 aromatic carbocycles. The molecule has 1 heterocycles. The zero-order valence-corrected chi connectivity index (χ0v) is 29.7. The number of methoxy groups -OCH3 is 2. The van der Waals surface area contributed by atoms with E-state index in [4.69, 9.17) is 25.8 Å². The van der Waals surface area contributed by atoms with Gasteiger partial charge in [0.2, 0.25) is 11.9 Å². The van der Waals surface area contributed by atoms with E-state index >= 15 is 0 Å². The first kappa shape index (κ1) is 39.5. The Hall–Kier alpha value is -5.72. The van der Waals surface area contributed by atoms with Gasteiger partial charge in [-0.2, -0.15) is 28.1 Å². The minimum Gasteiger partial charge on any atom is -0.469 e. The van der Waals surface area contributed by atoms with Gasteiger partial charge in [0.1, 0.15) is 6.04 Å². The summed E-state index contributed by atoms with van der Waals surface area (Å²) in [6.45, 7) is -1.87. The molecule has 0 aliphatic heterocycles. The number of carbonyl (C=O) groups excluding carboxylic acids is 5. The van der Waals surface area contributed by atoms with Crippen LogP contribution in [-0.4, -0.2) is 90.7 Å². The molecule has 1 atom stereocenters. The number of esters is 2. The highest BCUT2D eigenvalue weighted by atomic mass is 35.5. The Morgan fingerprint density at radius 3 is 2.09 bits per heavy atom. The summed E-state index contributed by atoms with van der Waals surface area (Å²) in [6.07, 6.45) is -2.32. The van der Waals surface area contributed by atoms with Crippen molar-refractivity contribution in [2.75, 3.05) is 44.5 Å². The molecule has 2 aliphatic rings. The van der Waals surface area contributed by atoms with E-state index in [1.807, 2.05) is 12.1 Å². The van der Waals surface area contributed by atoms with Crippen LogP contribution in [0.25, 0.3) is 0 Å². The fourth-order valence-corrected chi connectivity index (χ4v) is 5.43. The molecule has 0 spiro atoms. The summed E-state index contributed by atoms with van der Waals surface area (Å²) in [5.41, 5.74) is -0.0507. The summed E-state index contributed by atoms with van der Waals surface area (Å²) in [7, 11) is 2.36. The molecule has 0 saturated heterocycles. The van der Waals surface area contributed by atoms with Crippen LogP contribution in [0.4, 0.5) is 30.8 Å². The van der Waals surface area contributed by atoms with Crippen LogP contribution in [0, 0.1) is 5.41 Å². The molecular weight excluding hydrogens is 741 g/mol. The molecule has 0 bridgehead atoms. The van der Waals surface area contributed by atoms with Crippen molar-refractivity contribution in [3.8, 4) is 6.01 Å². The number of nitrogens with zero attached hydrogens (tertiary/aromatic N) is 3. The van der Waals surface area contributed by atoms with Gasteiger partial charge < -0.3 is 40.8 Å². The van der Waals surface area contributed by atoms with E-state index in [1.165, 1.54) is 31.4 Å². The summed E-state index contributed by atoms with van der Waals surface area (Å²) in [4.78, 5) is 74.1. The molecule has 0 radical (unpaired) electrons. The highest BCUT2D eigenvalue weighted by Gasteiger charge is 2.51. The van der Waals surface area contributed by atoms with Crippen molar-refractivity contribution in [3.05, 3.63) is 64.7 Å². The lowest BCUT2D eigenvalue weighted by atomic mass is 10.1. The van der Waals surface area contributed by atoms with Gasteiger partial charge in [0.15, 0.2) is 6.61 Å². The van der Waals surface area contributed by atoms with E-state index in [1.54, 1.807) is 12.1 Å². The minimum absolute atomic E-state index is 0.0380. The van der Waals surface area contributed by atoms with Crippen LogP contribution in [-0.2, 0) is 34.2 Å². The van der Waals surface area contributed by atoms with Crippen molar-refractivity contribution < 1.29 is 51.4 Å². The summed E-state index contributed by atoms with van der Waals surface area (Å²) in [5, 5.41) is 13.9. The highest BCUT2D eigenvalue weighted by Crippen LogP contribution is 2.48. The number of benzene rings is 2. The molecule has 1 aromatic heterocycles. The Labute approximate surface area is 311 Å². The fraction of sp³-hybridized carbons (Fsp3) is 0.412. The lowest BCUT2D eigenvalue weighted by Crippen LogP contribution is -2.46. The number of ether oxygens (including phenoxy) is 3. The van der Waals surface area contributed by atoms with Crippen LogP contribution >= 0.6 is 11.6 Å². The fourth-order valence-electron chi connectivity index (χ4n) is 5.30. The van der Waals surface area contributed by atoms with Crippen LogP contribution in [0.2, 0.25) is 5.02 Å². The monoisotopic (exact) mass is 776 g/mol. The Morgan fingerprint density at radius 2 is 1.50 bits per heavy atom. The largest absolute Gasteiger partial charge is 0.469 e. The number of halogens is 4. The molecule has 5 rings (SSSR count). The third-order valence-electron chi connectivity index (χ3n) is 8.66. The zero-order chi connectivity index (χ0) is 39.1. The standard InChI is InChI=1S/C34H36ClF3N8O8/c1-52-27(50)23(11-16-39-25(48)26(49)40-17-32(12-13-32)28(51)53-2)42-24(47)19-3-9-22(10-4-19)41-29-43-30(45-31(44-29)54-18-34(36,37)38)46-33(14-15-33)20-5-7-21(35)8-6-20/h3-10,23H,11-18H2,1-2H3,(H,39,48)(H,40,49)(H,42,47)(H2,41,43,44,45,46)/t23-/m0/s1. The molecule has 2 aliphatic carbocycles. The van der Waals surface area contributed by atoms with Crippen molar-refractivity contribution in [1.29, 1.82) is 0 Å². The maximum Gasteiger partial charge on any atom is 0.422 e. The molecule has 54 heavy (non-hydrogen) atoms. The first-order chi connectivity index (χ1) is 25.6. The smallest absolute Gasteiger partial charge is 0.422 e. The maximum atomic E-state index is 13.0. The van der Waals surface area contributed by atoms with Crippen LogP contribution in [0.5, 0.6) is 6.01 Å². The predicted molar refractivity (Wildman–Crippen MR) is 185 cm³/mol. The van der Waals surface area contributed by atoms with Gasteiger partial charge in [-0.3, -0.25) is 19.2 Å². The van der Waals surface area contributed by atoms with Gasteiger partial charge in [0, 0.05) is 29.4 Å². The summed E-state index contributed by atoms with van der Waals surface area (Å²) in [5.74, 6) is -4.11. The van der Waals surface area contributed by atoms with Crippen molar-refractivity contribution in [2.45, 2.75) is 49.9 Å². The molecule has 2 saturated carbocycles. The maximum absolute atomic E-state index is 13.0. The summed E-state index contributed by atoms with van der Waals surface area (Å²) >= 11 is 6.02. The third kappa shape index (κ3) is 10.5. The lowest BCUT2D eigenvalue weighted by molar-refractivity contribution is -0.154. The van der Waals surface area contributed by atoms with Crippen molar-refractivity contribution in [1.82, 2.24) is 30.9 Å². The van der Waals surface area contributed by atoms with E-state index in [0.29, 0.717) is 36.4 Å². The van der Waals surface area contributed by atoms with Gasteiger partial charge in [-0.15, -0.1) is 0 Å². The van der Waals surface area contributed by atoms with E-state index in [-0.39, 0.29) is 37.0 Å². The first-order valence-corrected chi connectivity index (χ1v) is 16.9. The third-order valence-corrected chi connectivity index (χ3v) is 8.91. The zero-order valence-electron chi connectivity index (χ0n) is 29.0. The van der Waals surface area contributed by atoms with Crippen LogP contribution in [0.3, 0.4) is 0 Å². The molecule has 3 amide bonds. The summed E-state index contributed by atoms with van der Waals surface area (Å²) in [6, 6.07) is 11.1. The lowest BCUT2D eigenvalue weighted by Gasteiger charge is -2.19. The van der Waals surface area contributed by atoms with Gasteiger partial charge in [0.05, 0.1) is 25.2 Å². The number of alkyl halides is 3. The van der Waals surface area contributed by atoms with Crippen LogP contribution in [0.1, 0.15) is 48.0 Å². The molecule has 5 N–H and O–H groups in total. The quantitative estimate of drug-likeness (QED) is 0.105. The number of hydrogen-bond acceptors (Lipinski definition) is 13. The highest BCUT2D eigenvalue weighted by molar-refractivity contribution is 6.35. The van der Waals surface area contributed by atoms with Crippen molar-refractivity contribution in [2.24, 2.45) is 5.41 Å². The average molecular weight is 777 g/mol. The molecular formula is C34H36ClF3N8O8. The van der Waals surface area contributed by atoms with Gasteiger partial charge in [-0.25, -0.2) is 4.79 Å². The van der Waals surface area contributed by atoms with Crippen LogP contribution in [0.15, 0.2) is 48.5 Å². The number of rotatable bonds is 16. The molecule has 288 valence electrons. The second-order valence-corrected chi connectivity index (χ2v) is 13.1. The number of carbonyl (C=O) groups is 5. The van der Waals surface area contributed by atoms with E-state index in [9.17, 15) is 37.1 Å². The van der Waals surface area contributed by atoms with E-state index in [2.05, 4.69) is 41.5 Å². The van der Waals surface area contributed by atoms with Gasteiger partial charge >= 0.3 is 35.9 Å². The average Bonchev–Trinajstić information content (AvgIpc) is 4.09. The number of anilines is 3. The first-order valence-electron chi connectivity index (χ1n) is 16.5. The normalized spacial score (nSPS) is 15.4. The van der Waals surface area contributed by atoms with E-state index in [0.717, 1.165) is 12.7 Å². The van der Waals surface area contributed by atoms with Gasteiger partial charge in [-0.05, 0) is 74.1 Å². The molecule has 16 nitrogen and oxygen atoms in total. The SMILES string of the molecule is COC(=O)[C@H](CCNC(=O)C(=O)NCC1(C(=O)OC)CC1)NC(=O)c1ccc(Nc2nc(NC3(c4ccc(Cl)cc4)CC3)nc(OCC(F)(F)F)n2)cc1. The minimum atomic E-state index is -4.64. The van der Waals surface area contributed by atoms with Gasteiger partial charge in [0.25, 0.3) is 5.91 Å². The van der Waals surface area contributed by atoms with Crippen molar-refractivity contribution >= 4 is 58.8 Å². The molecule has 0 unspecified atom stereocenters. The molecule has 20 heteroatoms. The second kappa shape index (κ2) is 16.5. The number of nitrogens with one attached hydrogen (secondary N) is 5. The number of aromatic nitrogens is 3. The Kier molecular flexibility index (Phi) is 12.1. The van der Waals surface area contributed by atoms with Crippen molar-refractivity contribution in [3.63, 3.8) is 0 Å². The Bertz CT molecular complexity index is 1870. The molecule has 3 aromatic rings. The predicted octanol–water partition coefficient (Wildman–Crippen LogP) is 3.16.